The van der Waals surface area contributed by atoms with Gasteiger partial charge in [-0.1, -0.05) is 0 Å². The third-order valence-electron chi connectivity index (χ3n) is 3.14. The number of carboxylic acids is 1. The molecule has 1 aromatic rings. The zero-order valence-corrected chi connectivity index (χ0v) is 10.3. The minimum absolute atomic E-state index is 0.204. The van der Waals surface area contributed by atoms with Crippen LogP contribution in [0, 0.1) is 0 Å². The lowest BCUT2D eigenvalue weighted by atomic mass is 9.96. The van der Waals surface area contributed by atoms with Crippen molar-refractivity contribution in [1.82, 2.24) is 9.97 Å². The molecule has 6 nitrogen and oxygen atoms in total. The van der Waals surface area contributed by atoms with Crippen molar-refractivity contribution in [3.05, 3.63) is 17.6 Å². The molecule has 0 amide bonds. The van der Waals surface area contributed by atoms with Crippen LogP contribution in [0.4, 0.5) is 5.82 Å². The number of anilines is 1. The maximum absolute atomic E-state index is 10.8. The van der Waals surface area contributed by atoms with Gasteiger partial charge in [-0.2, -0.15) is 0 Å². The lowest BCUT2D eigenvalue weighted by molar-refractivity contribution is -0.147. The van der Waals surface area contributed by atoms with E-state index >= 15 is 0 Å². The van der Waals surface area contributed by atoms with Crippen LogP contribution in [-0.2, 0) is 22.4 Å². The Kier molecular flexibility index (Phi) is 4.09. The molecule has 1 heterocycles. The van der Waals surface area contributed by atoms with E-state index in [4.69, 9.17) is 9.84 Å². The quantitative estimate of drug-likeness (QED) is 0.807. The number of rotatable bonds is 5. The van der Waals surface area contributed by atoms with E-state index in [2.05, 4.69) is 15.3 Å². The Labute approximate surface area is 105 Å². The van der Waals surface area contributed by atoms with E-state index in [9.17, 15) is 4.79 Å². The third kappa shape index (κ3) is 2.76. The third-order valence-corrected chi connectivity index (χ3v) is 3.14. The van der Waals surface area contributed by atoms with Gasteiger partial charge in [0.25, 0.3) is 0 Å². The van der Waals surface area contributed by atoms with E-state index < -0.39 is 12.1 Å². The van der Waals surface area contributed by atoms with Gasteiger partial charge in [0, 0.05) is 18.4 Å². The fourth-order valence-electron chi connectivity index (χ4n) is 2.13. The van der Waals surface area contributed by atoms with Gasteiger partial charge in [0.1, 0.15) is 12.1 Å². The molecule has 0 spiro atoms. The molecule has 1 aliphatic rings. The minimum Gasteiger partial charge on any atom is -0.479 e. The van der Waals surface area contributed by atoms with Crippen molar-refractivity contribution in [2.75, 3.05) is 19.0 Å². The average Bonchev–Trinajstić information content (AvgIpc) is 2.39. The zero-order valence-electron chi connectivity index (χ0n) is 10.3. The number of hydrogen-bond donors (Lipinski definition) is 2. The van der Waals surface area contributed by atoms with Gasteiger partial charge >= 0.3 is 5.97 Å². The first-order valence-corrected chi connectivity index (χ1v) is 6.04. The number of methoxy groups -OCH3 is 1. The van der Waals surface area contributed by atoms with Crippen molar-refractivity contribution >= 4 is 11.8 Å². The lowest BCUT2D eigenvalue weighted by Gasteiger charge is -2.19. The predicted octanol–water partition coefficient (Wildman–Crippen LogP) is 0.867. The van der Waals surface area contributed by atoms with Crippen LogP contribution < -0.4 is 5.32 Å². The Bertz CT molecular complexity index is 437. The Morgan fingerprint density at radius 3 is 3.00 bits per heavy atom. The second kappa shape index (κ2) is 5.77. The van der Waals surface area contributed by atoms with Crippen LogP contribution >= 0.6 is 0 Å². The fourth-order valence-corrected chi connectivity index (χ4v) is 2.13. The lowest BCUT2D eigenvalue weighted by Crippen LogP contribution is -2.31. The predicted molar refractivity (Wildman–Crippen MR) is 65.6 cm³/mol. The molecule has 0 saturated carbocycles. The number of carbonyl (C=O) groups is 1. The van der Waals surface area contributed by atoms with Crippen LogP contribution in [0.3, 0.4) is 0 Å². The highest BCUT2D eigenvalue weighted by atomic mass is 16.5. The normalized spacial score (nSPS) is 15.8. The smallest absolute Gasteiger partial charge is 0.334 e. The monoisotopic (exact) mass is 251 g/mol. The van der Waals surface area contributed by atoms with Crippen molar-refractivity contribution < 1.29 is 14.6 Å². The molecule has 0 aliphatic heterocycles. The largest absolute Gasteiger partial charge is 0.479 e. The van der Waals surface area contributed by atoms with E-state index in [0.29, 0.717) is 0 Å². The van der Waals surface area contributed by atoms with Gasteiger partial charge in [-0.25, -0.2) is 14.8 Å². The van der Waals surface area contributed by atoms with Crippen molar-refractivity contribution in [1.29, 1.82) is 0 Å². The van der Waals surface area contributed by atoms with Crippen molar-refractivity contribution in [2.24, 2.45) is 0 Å². The summed E-state index contributed by atoms with van der Waals surface area (Å²) in [6.45, 7) is 0.204. The van der Waals surface area contributed by atoms with Gasteiger partial charge in [0.15, 0.2) is 6.10 Å². The summed E-state index contributed by atoms with van der Waals surface area (Å²) in [7, 11) is 1.38. The molecule has 0 aromatic carbocycles. The van der Waals surface area contributed by atoms with Gasteiger partial charge in [0.2, 0.25) is 0 Å². The number of ether oxygens (including phenoxy) is 1. The SMILES string of the molecule is COC(CNc1ncnc2c1CCCC2)C(=O)O. The molecular formula is C12H17N3O3. The van der Waals surface area contributed by atoms with Gasteiger partial charge in [-0.05, 0) is 25.7 Å². The first-order chi connectivity index (χ1) is 8.72. The molecule has 1 atom stereocenters. The highest BCUT2D eigenvalue weighted by Gasteiger charge is 2.19. The van der Waals surface area contributed by atoms with E-state index in [0.717, 1.165) is 42.8 Å². The number of aryl methyl sites for hydroxylation is 1. The highest BCUT2D eigenvalue weighted by Crippen LogP contribution is 2.24. The van der Waals surface area contributed by atoms with Gasteiger partial charge in [-0.3, -0.25) is 0 Å². The molecule has 0 bridgehead atoms. The molecule has 0 radical (unpaired) electrons. The van der Waals surface area contributed by atoms with Crippen LogP contribution in [0.2, 0.25) is 0 Å². The summed E-state index contributed by atoms with van der Waals surface area (Å²) >= 11 is 0. The Balaban J connectivity index is 2.07. The maximum Gasteiger partial charge on any atom is 0.334 e. The Morgan fingerprint density at radius 1 is 1.50 bits per heavy atom. The van der Waals surface area contributed by atoms with Crippen molar-refractivity contribution in [3.63, 3.8) is 0 Å². The summed E-state index contributed by atoms with van der Waals surface area (Å²) in [4.78, 5) is 19.3. The molecule has 0 saturated heterocycles. The summed E-state index contributed by atoms with van der Waals surface area (Å²) in [5.74, 6) is -0.240. The molecule has 1 aromatic heterocycles. The van der Waals surface area contributed by atoms with E-state index in [1.165, 1.54) is 13.4 Å². The Hall–Kier alpha value is -1.69. The van der Waals surface area contributed by atoms with E-state index in [-0.39, 0.29) is 6.54 Å². The fraction of sp³-hybridized carbons (Fsp3) is 0.583. The summed E-state index contributed by atoms with van der Waals surface area (Å²) < 4.78 is 4.87. The maximum atomic E-state index is 10.8. The number of aliphatic carboxylic acids is 1. The standard InChI is InChI=1S/C12H17N3O3/c1-18-10(12(16)17)6-13-11-8-4-2-3-5-9(8)14-7-15-11/h7,10H,2-6H2,1H3,(H,16,17)(H,13,14,15). The van der Waals surface area contributed by atoms with Gasteiger partial charge < -0.3 is 15.2 Å². The zero-order chi connectivity index (χ0) is 13.0. The van der Waals surface area contributed by atoms with Crippen LogP contribution in [0.1, 0.15) is 24.1 Å². The topological polar surface area (TPSA) is 84.3 Å². The first-order valence-electron chi connectivity index (χ1n) is 6.04. The first kappa shape index (κ1) is 12.8. The summed E-state index contributed by atoms with van der Waals surface area (Å²) in [6.07, 6.45) is 4.86. The summed E-state index contributed by atoms with van der Waals surface area (Å²) in [6, 6.07) is 0. The van der Waals surface area contributed by atoms with Gasteiger partial charge in [-0.15, -0.1) is 0 Å². The number of carboxylic acid groups (broad SMARTS) is 1. The number of hydrogen-bond acceptors (Lipinski definition) is 5. The molecule has 1 unspecified atom stereocenters. The minimum atomic E-state index is -0.979. The van der Waals surface area contributed by atoms with Crippen LogP contribution in [0.5, 0.6) is 0 Å². The van der Waals surface area contributed by atoms with E-state index in [1.807, 2.05) is 0 Å². The molecule has 18 heavy (non-hydrogen) atoms. The van der Waals surface area contributed by atoms with Crippen molar-refractivity contribution in [3.8, 4) is 0 Å². The number of nitrogens with one attached hydrogen (secondary N) is 1. The second-order valence-electron chi connectivity index (χ2n) is 4.30. The van der Waals surface area contributed by atoms with Crippen LogP contribution in [-0.4, -0.2) is 40.8 Å². The van der Waals surface area contributed by atoms with Crippen LogP contribution in [0.15, 0.2) is 6.33 Å². The number of nitrogens with zero attached hydrogens (tertiary/aromatic N) is 2. The Morgan fingerprint density at radius 2 is 2.28 bits per heavy atom. The van der Waals surface area contributed by atoms with Gasteiger partial charge in [0.05, 0.1) is 6.54 Å². The molecule has 2 N–H and O–H groups in total. The molecular weight excluding hydrogens is 234 g/mol. The van der Waals surface area contributed by atoms with E-state index in [1.54, 1.807) is 0 Å². The summed E-state index contributed by atoms with van der Waals surface area (Å²) in [5, 5.41) is 11.9. The highest BCUT2D eigenvalue weighted by molar-refractivity contribution is 5.73. The average molecular weight is 251 g/mol. The number of aromatic nitrogens is 2. The molecule has 1 aliphatic carbocycles. The second-order valence-corrected chi connectivity index (χ2v) is 4.30. The molecule has 2 rings (SSSR count). The number of fused-ring (bicyclic) bond motifs is 1. The molecule has 6 heteroatoms. The van der Waals surface area contributed by atoms with Crippen molar-refractivity contribution in [2.45, 2.75) is 31.8 Å². The summed E-state index contributed by atoms with van der Waals surface area (Å²) in [5.41, 5.74) is 2.19. The molecule has 98 valence electrons. The molecule has 0 fully saturated rings. The van der Waals surface area contributed by atoms with Crippen LogP contribution in [0.25, 0.3) is 0 Å².